The first-order valence-corrected chi connectivity index (χ1v) is 5.64. The summed E-state index contributed by atoms with van der Waals surface area (Å²) in [5.74, 6) is 4.76. The van der Waals surface area contributed by atoms with Crippen molar-refractivity contribution in [2.75, 3.05) is 19.6 Å². The van der Waals surface area contributed by atoms with E-state index in [2.05, 4.69) is 4.84 Å². The zero-order chi connectivity index (χ0) is 14.1. The van der Waals surface area contributed by atoms with Crippen LogP contribution in [0, 0.1) is 20.4 Å². The van der Waals surface area contributed by atoms with Crippen LogP contribution >= 0.6 is 0 Å². The van der Waals surface area contributed by atoms with Crippen LogP contribution < -0.4 is 24.5 Å². The molecule has 0 saturated carbocycles. The van der Waals surface area contributed by atoms with Crippen molar-refractivity contribution >= 4 is 6.71 Å². The third-order valence-corrected chi connectivity index (χ3v) is 1.27. The quantitative estimate of drug-likeness (QED) is 0.282. The molecule has 0 fully saturated rings. The Hall–Kier alpha value is -0.685. The van der Waals surface area contributed by atoms with Gasteiger partial charge in [-0.25, -0.2) is 34.6 Å². The molecule has 0 spiro atoms. The van der Waals surface area contributed by atoms with Crippen molar-refractivity contribution in [2.45, 2.75) is 13.6 Å². The van der Waals surface area contributed by atoms with Crippen LogP contribution in [0.2, 0.25) is 13.6 Å². The van der Waals surface area contributed by atoms with Gasteiger partial charge in [0.2, 0.25) is 0 Å². The summed E-state index contributed by atoms with van der Waals surface area (Å²) in [4.78, 5) is 14.6. The van der Waals surface area contributed by atoms with E-state index in [9.17, 15) is 10.1 Å². The molecule has 0 aromatic heterocycles. The minimum Gasteiger partial charge on any atom is -0.303 e. The third kappa shape index (κ3) is 21.2. The van der Waals surface area contributed by atoms with Crippen molar-refractivity contribution in [2.24, 2.45) is 5.90 Å². The largest absolute Gasteiger partial charge is 0.303 e. The van der Waals surface area contributed by atoms with E-state index in [1.165, 1.54) is 0 Å². The molecule has 17 heavy (non-hydrogen) atoms. The van der Waals surface area contributed by atoms with Crippen molar-refractivity contribution in [3.63, 3.8) is 0 Å². The van der Waals surface area contributed by atoms with E-state index in [1.807, 2.05) is 13.6 Å². The number of hydrogen-bond donors (Lipinski definition) is 1. The summed E-state index contributed by atoms with van der Waals surface area (Å²) in [6, 6.07) is 0. The van der Waals surface area contributed by atoms with Gasteiger partial charge in [0.1, 0.15) is 6.54 Å². The average Bonchev–Trinajstić information content (AvgIpc) is 2.08. The average molecular weight is 274 g/mol. The topological polar surface area (TPSA) is 174 Å². The Morgan fingerprint density at radius 2 is 1.76 bits per heavy atom. The summed E-state index contributed by atoms with van der Waals surface area (Å²) in [6.07, 6.45) is 0.413. The Kier molecular flexibility index (Phi) is 10.3. The highest BCUT2D eigenvalue weighted by Crippen LogP contribution is 1.91. The Morgan fingerprint density at radius 1 is 1.35 bits per heavy atom. The monoisotopic (exact) mass is 274 g/mol. The molecule has 0 aromatic carbocycles. The number of nitrogens with two attached hydrogens (primary N) is 1. The maximum absolute atomic E-state index is 10.4. The molecule has 0 atom stereocenters. The van der Waals surface area contributed by atoms with E-state index in [-0.39, 0.29) is 19.9 Å². The summed E-state index contributed by atoms with van der Waals surface area (Å²) in [5.41, 5.74) is 0. The first kappa shape index (κ1) is 18.7. The Balaban J connectivity index is 0. The summed E-state index contributed by atoms with van der Waals surface area (Å²) in [6.45, 7) is 4.49. The first-order chi connectivity index (χ1) is 7.57. The van der Waals surface area contributed by atoms with Gasteiger partial charge < -0.3 is 4.84 Å². The minimum atomic E-state index is -4.94. The standard InChI is InChI=1S/C5H14BN3O3.ClHO4/c1-6(2)5-8(9(10)11)3-4-12-7;2-1(3,4)5/h3-5,7H2,1-2H3;(H,2,3,4,5)/p-1. The molecule has 0 saturated heterocycles. The molecule has 0 bridgehead atoms. The maximum atomic E-state index is 10.4. The number of nitro groups is 1. The van der Waals surface area contributed by atoms with Crippen molar-refractivity contribution in [3.05, 3.63) is 10.1 Å². The van der Waals surface area contributed by atoms with E-state index in [4.69, 9.17) is 24.5 Å². The van der Waals surface area contributed by atoms with Gasteiger partial charge >= 0.3 is 0 Å². The molecule has 10 nitrogen and oxygen atoms in total. The fraction of sp³-hybridized carbons (Fsp3) is 1.00. The lowest BCUT2D eigenvalue weighted by Gasteiger charge is -2.17. The van der Waals surface area contributed by atoms with E-state index in [0.29, 0.717) is 6.44 Å². The zero-order valence-corrected chi connectivity index (χ0v) is 10.2. The zero-order valence-electron chi connectivity index (χ0n) is 9.41. The summed E-state index contributed by atoms with van der Waals surface area (Å²) < 4.78 is 34.0. The molecule has 102 valence electrons. The second-order valence-electron chi connectivity index (χ2n) is 3.29. The Bertz CT molecular complexity index is 208. The lowest BCUT2D eigenvalue weighted by atomic mass is 9.55. The van der Waals surface area contributed by atoms with Gasteiger partial charge in [-0.05, 0) is 0 Å². The van der Waals surface area contributed by atoms with Crippen molar-refractivity contribution in [1.29, 1.82) is 0 Å². The molecule has 0 aromatic rings. The van der Waals surface area contributed by atoms with Crippen LogP contribution in [-0.4, -0.2) is 36.3 Å². The van der Waals surface area contributed by atoms with Gasteiger partial charge in [0.15, 0.2) is 11.7 Å². The number of rotatable bonds is 6. The van der Waals surface area contributed by atoms with E-state index in [0.717, 1.165) is 5.01 Å². The predicted molar refractivity (Wildman–Crippen MR) is 46.2 cm³/mol. The summed E-state index contributed by atoms with van der Waals surface area (Å²) >= 11 is 0. The molecule has 0 aliphatic heterocycles. The fourth-order valence-electron chi connectivity index (χ4n) is 0.819. The number of nitrogens with zero attached hydrogens (tertiary/aromatic N) is 2. The van der Waals surface area contributed by atoms with Crippen molar-refractivity contribution in [1.82, 2.24) is 5.01 Å². The van der Waals surface area contributed by atoms with Crippen LogP contribution in [0.4, 0.5) is 0 Å². The molecule has 0 heterocycles. The van der Waals surface area contributed by atoms with Crippen LogP contribution in [0.5, 0.6) is 0 Å². The molecule has 12 heteroatoms. The Morgan fingerprint density at radius 3 is 2.00 bits per heavy atom. The van der Waals surface area contributed by atoms with Gasteiger partial charge in [-0.15, -0.1) is 15.3 Å². The van der Waals surface area contributed by atoms with Crippen molar-refractivity contribution < 1.29 is 38.7 Å². The minimum absolute atomic E-state index is 0.174. The summed E-state index contributed by atoms with van der Waals surface area (Å²) in [7, 11) is -4.94. The van der Waals surface area contributed by atoms with E-state index in [1.54, 1.807) is 0 Å². The smallest absolute Gasteiger partial charge is 0.164 e. The number of hydrogen-bond acceptors (Lipinski definition) is 8. The molecule has 0 aliphatic rings. The van der Waals surface area contributed by atoms with Gasteiger partial charge in [0.05, 0.1) is 13.1 Å². The van der Waals surface area contributed by atoms with Crippen LogP contribution in [0.3, 0.4) is 0 Å². The van der Waals surface area contributed by atoms with Gasteiger partial charge in [-0.3, -0.25) is 0 Å². The Labute approximate surface area is 100 Å². The predicted octanol–water partition coefficient (Wildman–Crippen LogP) is -5.09. The number of hydrazine groups is 1. The van der Waals surface area contributed by atoms with Crippen molar-refractivity contribution in [3.8, 4) is 0 Å². The third-order valence-electron chi connectivity index (χ3n) is 1.27. The first-order valence-electron chi connectivity index (χ1n) is 4.40. The van der Waals surface area contributed by atoms with Gasteiger partial charge in [-0.1, -0.05) is 13.6 Å². The van der Waals surface area contributed by atoms with Crippen LogP contribution in [0.15, 0.2) is 0 Å². The van der Waals surface area contributed by atoms with Crippen LogP contribution in [0.1, 0.15) is 0 Å². The van der Waals surface area contributed by atoms with Gasteiger partial charge in [0.25, 0.3) is 0 Å². The summed E-state index contributed by atoms with van der Waals surface area (Å²) in [5, 5.41) is 11.0. The molecular formula is C5H14BClN3O7-. The van der Waals surface area contributed by atoms with Gasteiger partial charge in [0, 0.05) is 0 Å². The SMILES string of the molecule is CB(C)CN(CCON)[N+](=O)[O-].[O-][Cl+3]([O-])([O-])[O-]. The maximum Gasteiger partial charge on any atom is 0.164 e. The second-order valence-corrected chi connectivity index (χ2v) is 4.05. The molecular weight excluding hydrogens is 260 g/mol. The van der Waals surface area contributed by atoms with E-state index >= 15 is 0 Å². The van der Waals surface area contributed by atoms with Gasteiger partial charge in [-0.2, -0.15) is 0 Å². The highest BCUT2D eigenvalue weighted by molar-refractivity contribution is 6.55. The molecule has 0 aliphatic carbocycles. The molecule has 0 amide bonds. The van der Waals surface area contributed by atoms with E-state index < -0.39 is 15.3 Å². The van der Waals surface area contributed by atoms with Crippen LogP contribution in [0.25, 0.3) is 0 Å². The molecule has 0 unspecified atom stereocenters. The molecule has 0 radical (unpaired) electrons. The lowest BCUT2D eigenvalue weighted by Crippen LogP contribution is -2.68. The van der Waals surface area contributed by atoms with Crippen LogP contribution in [-0.2, 0) is 4.84 Å². The lowest BCUT2D eigenvalue weighted by molar-refractivity contribution is -2.00. The molecule has 0 rings (SSSR count). The number of halogens is 1. The highest BCUT2D eigenvalue weighted by atomic mass is 35.7. The normalized spacial score (nSPS) is 10.3. The fourth-order valence-corrected chi connectivity index (χ4v) is 0.819. The molecule has 2 N–H and O–H groups in total. The highest BCUT2D eigenvalue weighted by Gasteiger charge is 2.16. The second kappa shape index (κ2) is 9.36.